The third-order valence-corrected chi connectivity index (χ3v) is 4.17. The van der Waals surface area contributed by atoms with Gasteiger partial charge in [-0.1, -0.05) is 6.07 Å². The third-order valence-electron chi connectivity index (χ3n) is 4.17. The van der Waals surface area contributed by atoms with Gasteiger partial charge in [-0.2, -0.15) is 10.2 Å². The molecule has 0 saturated heterocycles. The highest BCUT2D eigenvalue weighted by Gasteiger charge is 2.21. The largest absolute Gasteiger partial charge is 0.493 e. The van der Waals surface area contributed by atoms with Gasteiger partial charge in [-0.15, -0.1) is 0 Å². The van der Waals surface area contributed by atoms with Crippen molar-refractivity contribution in [3.8, 4) is 17.2 Å². The van der Waals surface area contributed by atoms with Crippen LogP contribution >= 0.6 is 0 Å². The van der Waals surface area contributed by atoms with Crippen LogP contribution in [-0.4, -0.2) is 39.7 Å². The highest BCUT2D eigenvalue weighted by atomic mass is 16.5. The average molecular weight is 384 g/mol. The summed E-state index contributed by atoms with van der Waals surface area (Å²) in [6.07, 6.45) is 0. The Bertz CT molecular complexity index is 917. The Balaban J connectivity index is 1.90. The van der Waals surface area contributed by atoms with Crippen molar-refractivity contribution >= 4 is 23.2 Å². The smallest absolute Gasteiger partial charge is 0.257 e. The van der Waals surface area contributed by atoms with E-state index in [0.29, 0.717) is 40.7 Å². The fourth-order valence-electron chi connectivity index (χ4n) is 2.72. The maximum atomic E-state index is 11.8. The molecular formula is C19H20N4O5. The number of carbonyl (C=O) groups is 2. The van der Waals surface area contributed by atoms with Gasteiger partial charge < -0.3 is 24.8 Å². The molecule has 9 nitrogen and oxygen atoms in total. The fourth-order valence-corrected chi connectivity index (χ4v) is 2.72. The van der Waals surface area contributed by atoms with E-state index >= 15 is 0 Å². The van der Waals surface area contributed by atoms with Crippen molar-refractivity contribution in [2.75, 3.05) is 27.9 Å². The Kier molecular flexibility index (Phi) is 5.73. The molecule has 28 heavy (non-hydrogen) atoms. The van der Waals surface area contributed by atoms with Crippen LogP contribution in [0.3, 0.4) is 0 Å². The first-order valence-corrected chi connectivity index (χ1v) is 8.48. The molecule has 3 rings (SSSR count). The number of carbonyl (C=O) groups excluding carboxylic acids is 2. The zero-order chi connectivity index (χ0) is 20.1. The highest BCUT2D eigenvalue weighted by Crippen LogP contribution is 2.41. The van der Waals surface area contributed by atoms with E-state index in [1.165, 1.54) is 21.3 Å². The number of fused-ring (bicyclic) bond motifs is 1. The lowest BCUT2D eigenvalue weighted by Crippen LogP contribution is -2.25. The maximum absolute atomic E-state index is 11.8. The van der Waals surface area contributed by atoms with Gasteiger partial charge in [-0.3, -0.25) is 9.59 Å². The molecule has 2 aromatic carbocycles. The summed E-state index contributed by atoms with van der Waals surface area (Å²) in [7, 11) is 4.47. The first kappa shape index (κ1) is 19.2. The molecule has 2 N–H and O–H groups in total. The number of likely N-dealkylation sites (N-methyl/N-ethyl adjacent to an activating group) is 1. The van der Waals surface area contributed by atoms with Crippen molar-refractivity contribution in [2.45, 2.75) is 6.54 Å². The molecule has 1 aliphatic heterocycles. The molecule has 0 aliphatic carbocycles. The lowest BCUT2D eigenvalue weighted by molar-refractivity contribution is -0.122. The van der Waals surface area contributed by atoms with Crippen LogP contribution in [0.4, 0.5) is 11.4 Å². The predicted octanol–water partition coefficient (Wildman–Crippen LogP) is 2.49. The third kappa shape index (κ3) is 3.88. The van der Waals surface area contributed by atoms with Crippen LogP contribution in [0.25, 0.3) is 0 Å². The first-order valence-electron chi connectivity index (χ1n) is 8.48. The molecule has 0 saturated carbocycles. The van der Waals surface area contributed by atoms with Gasteiger partial charge >= 0.3 is 0 Å². The number of amides is 2. The van der Waals surface area contributed by atoms with Crippen LogP contribution in [0.1, 0.15) is 15.9 Å². The van der Waals surface area contributed by atoms with Crippen LogP contribution in [0.2, 0.25) is 0 Å². The van der Waals surface area contributed by atoms with Crippen molar-refractivity contribution in [1.82, 2.24) is 10.6 Å². The summed E-state index contributed by atoms with van der Waals surface area (Å²) in [5.41, 5.74) is 2.48. The molecule has 146 valence electrons. The van der Waals surface area contributed by atoms with Gasteiger partial charge in [-0.25, -0.2) is 0 Å². The number of azo groups is 1. The number of hydrogen-bond acceptors (Lipinski definition) is 7. The summed E-state index contributed by atoms with van der Waals surface area (Å²) in [6.45, 7) is 0.240. The lowest BCUT2D eigenvalue weighted by Gasteiger charge is -2.14. The van der Waals surface area contributed by atoms with E-state index in [4.69, 9.17) is 14.2 Å². The molecule has 9 heteroatoms. The molecule has 0 spiro atoms. The van der Waals surface area contributed by atoms with Crippen LogP contribution < -0.4 is 24.8 Å². The molecule has 0 atom stereocenters. The van der Waals surface area contributed by atoms with Crippen LogP contribution in [-0.2, 0) is 11.3 Å². The molecule has 0 fully saturated rings. The number of ether oxygens (including phenoxy) is 3. The topological polar surface area (TPSA) is 111 Å². The minimum atomic E-state index is -0.283. The van der Waals surface area contributed by atoms with E-state index in [2.05, 4.69) is 20.9 Å². The summed E-state index contributed by atoms with van der Waals surface area (Å²) < 4.78 is 16.2. The Hall–Kier alpha value is -3.62. The van der Waals surface area contributed by atoms with Gasteiger partial charge in [-0.05, 0) is 12.1 Å². The zero-order valence-corrected chi connectivity index (χ0v) is 15.7. The maximum Gasteiger partial charge on any atom is 0.257 e. The van der Waals surface area contributed by atoms with Crippen LogP contribution in [0, 0.1) is 0 Å². The molecule has 1 heterocycles. The Morgan fingerprint density at radius 2 is 1.89 bits per heavy atom. The monoisotopic (exact) mass is 384 g/mol. The molecule has 1 aliphatic rings. The number of hydrogen-bond donors (Lipinski definition) is 2. The molecule has 0 aromatic heterocycles. The van der Waals surface area contributed by atoms with Crippen molar-refractivity contribution in [1.29, 1.82) is 0 Å². The number of nitrogens with zero attached hydrogens (tertiary/aromatic N) is 2. The number of methoxy groups -OCH3 is 2. The predicted molar refractivity (Wildman–Crippen MR) is 101 cm³/mol. The molecule has 0 unspecified atom stereocenters. The zero-order valence-electron chi connectivity index (χ0n) is 15.7. The van der Waals surface area contributed by atoms with Gasteiger partial charge in [0.1, 0.15) is 0 Å². The van der Waals surface area contributed by atoms with Crippen LogP contribution in [0.15, 0.2) is 40.6 Å². The average Bonchev–Trinajstić information content (AvgIpc) is 3.11. The van der Waals surface area contributed by atoms with Crippen molar-refractivity contribution in [3.63, 3.8) is 0 Å². The van der Waals surface area contributed by atoms with E-state index in [0.717, 1.165) is 5.56 Å². The van der Waals surface area contributed by atoms with Gasteiger partial charge in [0.25, 0.3) is 11.8 Å². The summed E-state index contributed by atoms with van der Waals surface area (Å²) in [5.74, 6) is 0.601. The summed E-state index contributed by atoms with van der Waals surface area (Å²) >= 11 is 0. The van der Waals surface area contributed by atoms with Gasteiger partial charge in [0, 0.05) is 36.9 Å². The second-order valence-corrected chi connectivity index (χ2v) is 5.83. The first-order chi connectivity index (χ1) is 13.6. The lowest BCUT2D eigenvalue weighted by atomic mass is 10.1. The minimum Gasteiger partial charge on any atom is -0.493 e. The Morgan fingerprint density at radius 3 is 2.54 bits per heavy atom. The van der Waals surface area contributed by atoms with E-state index in [-0.39, 0.29) is 18.4 Å². The fraction of sp³-hybridized carbons (Fsp3) is 0.263. The SMILES string of the molecule is CNC(=O)COc1c(OC)cc(/N=N\c2cccc3c2CNC3=O)cc1OC. The van der Waals surface area contributed by atoms with Gasteiger partial charge in [0.05, 0.1) is 25.6 Å². The van der Waals surface area contributed by atoms with E-state index < -0.39 is 0 Å². The molecule has 2 amide bonds. The number of benzene rings is 2. The quantitative estimate of drug-likeness (QED) is 0.713. The summed E-state index contributed by atoms with van der Waals surface area (Å²) in [4.78, 5) is 23.2. The van der Waals surface area contributed by atoms with Crippen molar-refractivity contribution < 1.29 is 23.8 Å². The van der Waals surface area contributed by atoms with Crippen molar-refractivity contribution in [2.24, 2.45) is 10.2 Å². The molecular weight excluding hydrogens is 364 g/mol. The number of nitrogens with one attached hydrogen (secondary N) is 2. The second kappa shape index (κ2) is 8.38. The standard InChI is InChI=1S/C19H20N4O5/c1-20-17(24)10-28-18-15(26-2)7-11(8-16(18)27-3)22-23-14-6-4-5-12-13(14)9-21-19(12)25/h4-8H,9-10H2,1-3H3,(H,20,24)(H,21,25)/b23-22-. The van der Waals surface area contributed by atoms with E-state index in [9.17, 15) is 9.59 Å². The number of rotatable bonds is 7. The van der Waals surface area contributed by atoms with E-state index in [1.807, 2.05) is 0 Å². The summed E-state index contributed by atoms with van der Waals surface area (Å²) in [6, 6.07) is 8.55. The Labute approximate surface area is 161 Å². The summed E-state index contributed by atoms with van der Waals surface area (Å²) in [5, 5.41) is 13.7. The molecule has 0 bridgehead atoms. The molecule has 0 radical (unpaired) electrons. The van der Waals surface area contributed by atoms with Crippen molar-refractivity contribution in [3.05, 3.63) is 41.5 Å². The van der Waals surface area contributed by atoms with E-state index in [1.54, 1.807) is 30.3 Å². The Morgan fingerprint density at radius 1 is 1.18 bits per heavy atom. The molecule has 2 aromatic rings. The van der Waals surface area contributed by atoms with Gasteiger partial charge in [0.15, 0.2) is 18.1 Å². The second-order valence-electron chi connectivity index (χ2n) is 5.83. The minimum absolute atomic E-state index is 0.118. The van der Waals surface area contributed by atoms with Gasteiger partial charge in [0.2, 0.25) is 5.75 Å². The normalized spacial score (nSPS) is 12.5. The van der Waals surface area contributed by atoms with Crippen LogP contribution in [0.5, 0.6) is 17.2 Å². The highest BCUT2D eigenvalue weighted by molar-refractivity contribution is 5.99.